The molecule has 0 spiro atoms. The summed E-state index contributed by atoms with van der Waals surface area (Å²) in [6.07, 6.45) is 3.23. The zero-order valence-electron chi connectivity index (χ0n) is 12.3. The van der Waals surface area contributed by atoms with E-state index in [1.165, 1.54) is 17.1 Å². The lowest BCUT2D eigenvalue weighted by Crippen LogP contribution is -2.30. The van der Waals surface area contributed by atoms with Gasteiger partial charge < -0.3 is 10.1 Å². The Balaban J connectivity index is 1.73. The first-order valence-corrected chi connectivity index (χ1v) is 8.89. The summed E-state index contributed by atoms with van der Waals surface area (Å²) in [5.74, 6) is 0. The Morgan fingerprint density at radius 3 is 2.81 bits per heavy atom. The second-order valence-corrected chi connectivity index (χ2v) is 7.75. The number of sulfonamides is 1. The van der Waals surface area contributed by atoms with Crippen molar-refractivity contribution < 1.29 is 13.2 Å². The maximum Gasteiger partial charge on any atom is 0.243 e. The average Bonchev–Trinajstić information content (AvgIpc) is 3.19. The summed E-state index contributed by atoms with van der Waals surface area (Å²) in [6, 6.07) is 7.86. The van der Waals surface area contributed by atoms with Gasteiger partial charge in [0.05, 0.1) is 11.0 Å². The monoisotopic (exact) mass is 310 g/mol. The summed E-state index contributed by atoms with van der Waals surface area (Å²) in [5, 5.41) is 3.41. The molecule has 2 aliphatic rings. The van der Waals surface area contributed by atoms with Crippen LogP contribution in [0.3, 0.4) is 0 Å². The van der Waals surface area contributed by atoms with Gasteiger partial charge >= 0.3 is 0 Å². The third-order valence-electron chi connectivity index (χ3n) is 4.15. The quantitative estimate of drug-likeness (QED) is 0.861. The molecule has 21 heavy (non-hydrogen) atoms. The Bertz CT molecular complexity index is 599. The lowest BCUT2D eigenvalue weighted by molar-refractivity contribution is 0.115. The minimum absolute atomic E-state index is 0.0134. The maximum atomic E-state index is 12.6. The summed E-state index contributed by atoms with van der Waals surface area (Å²) in [4.78, 5) is 0.384. The van der Waals surface area contributed by atoms with Gasteiger partial charge in [0.25, 0.3) is 0 Å². The highest BCUT2D eigenvalue weighted by Crippen LogP contribution is 2.23. The van der Waals surface area contributed by atoms with Crippen molar-refractivity contribution in [3.8, 4) is 0 Å². The molecule has 1 aliphatic heterocycles. The maximum absolute atomic E-state index is 12.6. The van der Waals surface area contributed by atoms with Crippen LogP contribution in [0.25, 0.3) is 0 Å². The number of rotatable bonds is 6. The molecule has 0 aromatic heterocycles. The predicted octanol–water partition coefficient (Wildman–Crippen LogP) is 1.35. The van der Waals surface area contributed by atoms with Crippen LogP contribution in [0.5, 0.6) is 0 Å². The molecular formula is C15H22N2O3S. The van der Waals surface area contributed by atoms with Gasteiger partial charge in [-0.05, 0) is 37.0 Å². The molecule has 0 amide bonds. The molecule has 116 valence electrons. The van der Waals surface area contributed by atoms with E-state index in [2.05, 4.69) is 5.32 Å². The summed E-state index contributed by atoms with van der Waals surface area (Å²) in [5.41, 5.74) is 1.02. The van der Waals surface area contributed by atoms with Crippen LogP contribution >= 0.6 is 0 Å². The van der Waals surface area contributed by atoms with E-state index in [0.29, 0.717) is 24.0 Å². The lowest BCUT2D eigenvalue weighted by atomic mass is 10.2. The second kappa shape index (κ2) is 6.04. The fraction of sp³-hybridized carbons (Fsp3) is 0.600. The first-order chi connectivity index (χ1) is 10.1. The molecule has 0 bridgehead atoms. The Hall–Kier alpha value is -0.950. The van der Waals surface area contributed by atoms with Gasteiger partial charge in [0.15, 0.2) is 0 Å². The summed E-state index contributed by atoms with van der Waals surface area (Å²) in [6.45, 7) is 1.71. The van der Waals surface area contributed by atoms with Crippen LogP contribution in [0, 0.1) is 0 Å². The summed E-state index contributed by atoms with van der Waals surface area (Å²) >= 11 is 0. The summed E-state index contributed by atoms with van der Waals surface area (Å²) in [7, 11) is -1.77. The van der Waals surface area contributed by atoms with Gasteiger partial charge in [-0.2, -0.15) is 4.31 Å². The molecule has 2 fully saturated rings. The van der Waals surface area contributed by atoms with Crippen molar-refractivity contribution in [1.82, 2.24) is 9.62 Å². The lowest BCUT2D eigenvalue weighted by Gasteiger charge is -2.17. The van der Waals surface area contributed by atoms with Crippen LogP contribution in [0.15, 0.2) is 29.2 Å². The Morgan fingerprint density at radius 2 is 2.14 bits per heavy atom. The van der Waals surface area contributed by atoms with E-state index in [9.17, 15) is 8.42 Å². The normalized spacial score (nSPS) is 23.6. The topological polar surface area (TPSA) is 58.6 Å². The van der Waals surface area contributed by atoms with Crippen LogP contribution in [-0.4, -0.2) is 45.1 Å². The largest absolute Gasteiger partial charge is 0.380 e. The van der Waals surface area contributed by atoms with Crippen molar-refractivity contribution in [3.63, 3.8) is 0 Å². The number of methoxy groups -OCH3 is 1. The molecular weight excluding hydrogens is 288 g/mol. The molecule has 3 rings (SSSR count). The fourth-order valence-electron chi connectivity index (χ4n) is 2.62. The number of hydrogen-bond donors (Lipinski definition) is 1. The van der Waals surface area contributed by atoms with Crippen molar-refractivity contribution in [2.45, 2.75) is 42.8 Å². The molecule has 6 heteroatoms. The Kier molecular flexibility index (Phi) is 4.31. The number of ether oxygens (including phenoxy) is 1. The van der Waals surface area contributed by atoms with E-state index in [1.54, 1.807) is 19.2 Å². The van der Waals surface area contributed by atoms with Gasteiger partial charge in [0.2, 0.25) is 10.0 Å². The minimum Gasteiger partial charge on any atom is -0.380 e. The van der Waals surface area contributed by atoms with E-state index in [-0.39, 0.29) is 6.10 Å². The van der Waals surface area contributed by atoms with Gasteiger partial charge in [0.1, 0.15) is 0 Å². The van der Waals surface area contributed by atoms with Crippen LogP contribution in [0.4, 0.5) is 0 Å². The molecule has 1 aromatic carbocycles. The molecule has 1 saturated carbocycles. The number of nitrogens with zero attached hydrogens (tertiary/aromatic N) is 1. The third kappa shape index (κ3) is 3.45. The highest BCUT2D eigenvalue weighted by Gasteiger charge is 2.32. The van der Waals surface area contributed by atoms with E-state index in [4.69, 9.17) is 4.74 Å². The average molecular weight is 310 g/mol. The highest BCUT2D eigenvalue weighted by atomic mass is 32.2. The van der Waals surface area contributed by atoms with Crippen LogP contribution < -0.4 is 5.32 Å². The predicted molar refractivity (Wildman–Crippen MR) is 80.5 cm³/mol. The van der Waals surface area contributed by atoms with E-state index in [1.807, 2.05) is 12.1 Å². The van der Waals surface area contributed by atoms with Gasteiger partial charge in [-0.1, -0.05) is 12.1 Å². The van der Waals surface area contributed by atoms with Crippen molar-refractivity contribution in [1.29, 1.82) is 0 Å². The standard InChI is InChI=1S/C15H22N2O3S/c1-20-14-7-8-17(11-14)21(18,19)15-4-2-3-12(9-15)10-16-13-5-6-13/h2-4,9,13-14,16H,5-8,10-11H2,1H3. The smallest absolute Gasteiger partial charge is 0.243 e. The molecule has 1 heterocycles. The zero-order chi connectivity index (χ0) is 14.9. The van der Waals surface area contributed by atoms with Crippen molar-refractivity contribution in [3.05, 3.63) is 29.8 Å². The SMILES string of the molecule is COC1CCN(S(=O)(=O)c2cccc(CNC3CC3)c2)C1. The fourth-order valence-corrected chi connectivity index (χ4v) is 4.18. The van der Waals surface area contributed by atoms with Gasteiger partial charge in [-0.15, -0.1) is 0 Å². The van der Waals surface area contributed by atoms with E-state index in [0.717, 1.165) is 18.5 Å². The van der Waals surface area contributed by atoms with Gasteiger partial charge in [-0.25, -0.2) is 8.42 Å². The minimum atomic E-state index is -3.40. The molecule has 1 N–H and O–H groups in total. The van der Waals surface area contributed by atoms with Crippen molar-refractivity contribution >= 4 is 10.0 Å². The first kappa shape index (κ1) is 15.0. The number of benzene rings is 1. The van der Waals surface area contributed by atoms with Crippen LogP contribution in [0.1, 0.15) is 24.8 Å². The highest BCUT2D eigenvalue weighted by molar-refractivity contribution is 7.89. The molecule has 1 atom stereocenters. The van der Waals surface area contributed by atoms with Gasteiger partial charge in [0, 0.05) is 32.8 Å². The third-order valence-corrected chi connectivity index (χ3v) is 6.01. The van der Waals surface area contributed by atoms with Crippen LogP contribution in [-0.2, 0) is 21.3 Å². The zero-order valence-corrected chi connectivity index (χ0v) is 13.1. The molecule has 0 radical (unpaired) electrons. The number of nitrogens with one attached hydrogen (secondary N) is 1. The molecule has 5 nitrogen and oxygen atoms in total. The number of hydrogen-bond acceptors (Lipinski definition) is 4. The van der Waals surface area contributed by atoms with Crippen LogP contribution in [0.2, 0.25) is 0 Å². The summed E-state index contributed by atoms with van der Waals surface area (Å²) < 4.78 is 32.1. The molecule has 1 aromatic rings. The Morgan fingerprint density at radius 1 is 1.33 bits per heavy atom. The Labute approximate surface area is 126 Å². The van der Waals surface area contributed by atoms with E-state index < -0.39 is 10.0 Å². The van der Waals surface area contributed by atoms with Crippen molar-refractivity contribution in [2.75, 3.05) is 20.2 Å². The van der Waals surface area contributed by atoms with Crippen molar-refractivity contribution in [2.24, 2.45) is 0 Å². The second-order valence-electron chi connectivity index (χ2n) is 5.81. The first-order valence-electron chi connectivity index (χ1n) is 7.45. The molecule has 1 aliphatic carbocycles. The molecule has 1 unspecified atom stereocenters. The van der Waals surface area contributed by atoms with Gasteiger partial charge in [-0.3, -0.25) is 0 Å². The molecule has 1 saturated heterocycles. The van der Waals surface area contributed by atoms with E-state index >= 15 is 0 Å².